The van der Waals surface area contributed by atoms with Crippen molar-refractivity contribution in [3.63, 3.8) is 0 Å². The van der Waals surface area contributed by atoms with Crippen LogP contribution in [0.4, 0.5) is 0 Å². The van der Waals surface area contributed by atoms with E-state index in [9.17, 15) is 0 Å². The van der Waals surface area contributed by atoms with Crippen LogP contribution in [0.2, 0.25) is 5.02 Å². The van der Waals surface area contributed by atoms with Crippen LogP contribution < -0.4 is 11.3 Å². The van der Waals surface area contributed by atoms with Gasteiger partial charge in [0, 0.05) is 6.54 Å². The van der Waals surface area contributed by atoms with Crippen molar-refractivity contribution in [1.82, 2.24) is 15.2 Å². The quantitative estimate of drug-likeness (QED) is 0.643. The molecule has 4 nitrogen and oxygen atoms in total. The van der Waals surface area contributed by atoms with Gasteiger partial charge >= 0.3 is 0 Å². The molecule has 1 aromatic rings. The summed E-state index contributed by atoms with van der Waals surface area (Å²) in [7, 11) is 0. The molecule has 3 unspecified atom stereocenters. The molecular weight excluding hydrogens is 236 g/mol. The lowest BCUT2D eigenvalue weighted by Gasteiger charge is -2.24. The third-order valence-corrected chi connectivity index (χ3v) is 4.10. The number of hydrazine groups is 1. The number of hydrogen-bond donors (Lipinski definition) is 2. The number of halogens is 1. The third kappa shape index (κ3) is 2.49. The molecule has 3 N–H and O–H groups in total. The Morgan fingerprint density at radius 1 is 1.65 bits per heavy atom. The molecule has 1 saturated carbocycles. The summed E-state index contributed by atoms with van der Waals surface area (Å²) < 4.78 is 1.94. The molecule has 96 valence electrons. The molecule has 1 aromatic heterocycles. The van der Waals surface area contributed by atoms with Crippen molar-refractivity contribution in [1.29, 1.82) is 0 Å². The van der Waals surface area contributed by atoms with Crippen LogP contribution >= 0.6 is 11.6 Å². The van der Waals surface area contributed by atoms with E-state index in [1.807, 2.05) is 4.68 Å². The first-order chi connectivity index (χ1) is 8.17. The summed E-state index contributed by atoms with van der Waals surface area (Å²) in [4.78, 5) is 0. The van der Waals surface area contributed by atoms with Crippen molar-refractivity contribution >= 4 is 11.6 Å². The molecule has 3 atom stereocenters. The van der Waals surface area contributed by atoms with Gasteiger partial charge in [-0.2, -0.15) is 5.10 Å². The van der Waals surface area contributed by atoms with Crippen LogP contribution in [-0.2, 0) is 6.54 Å². The number of nitrogens with two attached hydrogens (primary N) is 1. The highest BCUT2D eigenvalue weighted by Gasteiger charge is 2.32. The number of aromatic nitrogens is 2. The van der Waals surface area contributed by atoms with Crippen molar-refractivity contribution in [3.05, 3.63) is 16.9 Å². The number of nitrogens with one attached hydrogen (secondary N) is 1. The molecule has 0 aliphatic heterocycles. The van der Waals surface area contributed by atoms with Crippen LogP contribution in [0, 0.1) is 11.8 Å². The van der Waals surface area contributed by atoms with Crippen LogP contribution in [0.3, 0.4) is 0 Å². The molecule has 5 heteroatoms. The van der Waals surface area contributed by atoms with Gasteiger partial charge in [0.1, 0.15) is 0 Å². The number of nitrogens with zero attached hydrogens (tertiary/aromatic N) is 2. The highest BCUT2D eigenvalue weighted by atomic mass is 35.5. The molecule has 1 fully saturated rings. The third-order valence-electron chi connectivity index (χ3n) is 3.81. The molecule has 1 heterocycles. The molecule has 0 spiro atoms. The van der Waals surface area contributed by atoms with Crippen LogP contribution in [0.1, 0.15) is 44.8 Å². The monoisotopic (exact) mass is 256 g/mol. The summed E-state index contributed by atoms with van der Waals surface area (Å²) in [6, 6.07) is 0.120. The van der Waals surface area contributed by atoms with E-state index in [1.54, 1.807) is 6.20 Å². The van der Waals surface area contributed by atoms with Gasteiger partial charge in [0.2, 0.25) is 0 Å². The first-order valence-corrected chi connectivity index (χ1v) is 6.72. The Labute approximate surface area is 107 Å². The maximum absolute atomic E-state index is 6.23. The van der Waals surface area contributed by atoms with Gasteiger partial charge in [-0.25, -0.2) is 0 Å². The number of aryl methyl sites for hydroxylation is 1. The summed E-state index contributed by atoms with van der Waals surface area (Å²) in [6.07, 6.45) is 5.41. The molecule has 17 heavy (non-hydrogen) atoms. The van der Waals surface area contributed by atoms with Crippen LogP contribution in [-0.4, -0.2) is 9.78 Å². The maximum atomic E-state index is 6.23. The summed E-state index contributed by atoms with van der Waals surface area (Å²) in [5, 5.41) is 5.00. The van der Waals surface area contributed by atoms with Crippen molar-refractivity contribution in [2.75, 3.05) is 0 Å². The Kier molecular flexibility index (Phi) is 4.07. The lowest BCUT2D eigenvalue weighted by atomic mass is 9.94. The van der Waals surface area contributed by atoms with E-state index >= 15 is 0 Å². The van der Waals surface area contributed by atoms with Crippen LogP contribution in [0.15, 0.2) is 6.20 Å². The topological polar surface area (TPSA) is 55.9 Å². The minimum atomic E-state index is 0.120. The fourth-order valence-corrected chi connectivity index (χ4v) is 3.18. The van der Waals surface area contributed by atoms with Crippen LogP contribution in [0.5, 0.6) is 0 Å². The molecule has 0 saturated heterocycles. The fourth-order valence-electron chi connectivity index (χ4n) is 2.93. The molecule has 1 aliphatic carbocycles. The molecule has 2 rings (SSSR count). The Hall–Kier alpha value is -0.580. The average molecular weight is 257 g/mol. The van der Waals surface area contributed by atoms with Gasteiger partial charge in [0.15, 0.2) is 0 Å². The highest BCUT2D eigenvalue weighted by molar-refractivity contribution is 6.31. The smallest absolute Gasteiger partial charge is 0.0834 e. The van der Waals surface area contributed by atoms with Gasteiger partial charge in [0.25, 0.3) is 0 Å². The molecule has 0 bridgehead atoms. The molecule has 0 amide bonds. The first-order valence-electron chi connectivity index (χ1n) is 6.34. The van der Waals surface area contributed by atoms with E-state index in [0.717, 1.165) is 18.2 Å². The van der Waals surface area contributed by atoms with Crippen molar-refractivity contribution in [2.45, 2.75) is 45.7 Å². The Morgan fingerprint density at radius 3 is 2.94 bits per heavy atom. The molecular formula is C12H21ClN4. The molecule has 0 aromatic carbocycles. The maximum Gasteiger partial charge on any atom is 0.0834 e. The average Bonchev–Trinajstić information content (AvgIpc) is 2.89. The first kappa shape index (κ1) is 12.9. The van der Waals surface area contributed by atoms with E-state index < -0.39 is 0 Å². The second-order valence-corrected chi connectivity index (χ2v) is 5.42. The Balaban J connectivity index is 2.25. The summed E-state index contributed by atoms with van der Waals surface area (Å²) in [5.41, 5.74) is 3.97. The van der Waals surface area contributed by atoms with Gasteiger partial charge in [-0.05, 0) is 31.6 Å². The summed E-state index contributed by atoms with van der Waals surface area (Å²) >= 11 is 6.23. The fraction of sp³-hybridized carbons (Fsp3) is 0.750. The van der Waals surface area contributed by atoms with Crippen molar-refractivity contribution in [3.8, 4) is 0 Å². The largest absolute Gasteiger partial charge is 0.271 e. The van der Waals surface area contributed by atoms with Gasteiger partial charge in [-0.1, -0.05) is 24.9 Å². The zero-order chi connectivity index (χ0) is 12.4. The predicted octanol–water partition coefficient (Wildman–Crippen LogP) is 2.50. The van der Waals surface area contributed by atoms with E-state index in [2.05, 4.69) is 24.4 Å². The van der Waals surface area contributed by atoms with Crippen LogP contribution in [0.25, 0.3) is 0 Å². The normalized spacial score (nSPS) is 26.4. The Bertz CT molecular complexity index is 377. The lowest BCUT2D eigenvalue weighted by molar-refractivity contribution is 0.343. The van der Waals surface area contributed by atoms with Gasteiger partial charge in [-0.15, -0.1) is 0 Å². The van der Waals surface area contributed by atoms with Gasteiger partial charge in [-0.3, -0.25) is 16.0 Å². The SMILES string of the molecule is CCn1ncc(Cl)c1C(NN)C1CCC(C)C1. The number of hydrogen-bond acceptors (Lipinski definition) is 3. The van der Waals surface area contributed by atoms with E-state index in [0.29, 0.717) is 10.9 Å². The summed E-state index contributed by atoms with van der Waals surface area (Å²) in [5.74, 6) is 7.08. The lowest BCUT2D eigenvalue weighted by Crippen LogP contribution is -2.34. The summed E-state index contributed by atoms with van der Waals surface area (Å²) in [6.45, 7) is 5.19. The standard InChI is InChI=1S/C12H21ClN4/c1-3-17-12(10(13)7-15-17)11(16-14)9-5-4-8(2)6-9/h7-9,11,16H,3-6,14H2,1-2H3. The number of rotatable bonds is 4. The minimum absolute atomic E-state index is 0.120. The second-order valence-electron chi connectivity index (χ2n) is 5.02. The molecule has 0 radical (unpaired) electrons. The Morgan fingerprint density at radius 2 is 2.41 bits per heavy atom. The molecule has 1 aliphatic rings. The van der Waals surface area contributed by atoms with E-state index in [1.165, 1.54) is 19.3 Å². The zero-order valence-corrected chi connectivity index (χ0v) is 11.2. The highest BCUT2D eigenvalue weighted by Crippen LogP contribution is 2.40. The van der Waals surface area contributed by atoms with Crippen molar-refractivity contribution < 1.29 is 0 Å². The van der Waals surface area contributed by atoms with Gasteiger partial charge < -0.3 is 0 Å². The second kappa shape index (κ2) is 5.38. The van der Waals surface area contributed by atoms with E-state index in [-0.39, 0.29) is 6.04 Å². The van der Waals surface area contributed by atoms with Gasteiger partial charge in [0.05, 0.1) is 23.0 Å². The zero-order valence-electron chi connectivity index (χ0n) is 10.5. The van der Waals surface area contributed by atoms with Crippen molar-refractivity contribution in [2.24, 2.45) is 17.7 Å². The minimum Gasteiger partial charge on any atom is -0.271 e. The predicted molar refractivity (Wildman–Crippen MR) is 69.5 cm³/mol. The van der Waals surface area contributed by atoms with E-state index in [4.69, 9.17) is 17.4 Å².